The maximum absolute atomic E-state index is 12.5. The highest BCUT2D eigenvalue weighted by atomic mass is 35.5. The number of benzene rings is 1. The summed E-state index contributed by atoms with van der Waals surface area (Å²) in [6.45, 7) is 14.0. The zero-order chi connectivity index (χ0) is 25.1. The van der Waals surface area contributed by atoms with Crippen LogP contribution in [0.25, 0.3) is 22.2 Å². The Hall–Kier alpha value is -2.86. The molecule has 182 valence electrons. The highest BCUT2D eigenvalue weighted by Gasteiger charge is 2.31. The quantitative estimate of drug-likeness (QED) is 0.393. The number of nitrogens with one attached hydrogen (secondary N) is 1. The fourth-order valence-corrected chi connectivity index (χ4v) is 4.19. The maximum atomic E-state index is 12.5. The van der Waals surface area contributed by atoms with Crippen LogP contribution in [0.1, 0.15) is 53.5 Å². The molecule has 34 heavy (non-hydrogen) atoms. The molecule has 0 fully saturated rings. The predicted octanol–water partition coefficient (Wildman–Crippen LogP) is 6.97. The van der Waals surface area contributed by atoms with Gasteiger partial charge in [-0.3, -0.25) is 9.97 Å². The normalized spacial score (nSPS) is 13.6. The van der Waals surface area contributed by atoms with Crippen LogP contribution in [0.3, 0.4) is 0 Å². The molecule has 0 unspecified atom stereocenters. The van der Waals surface area contributed by atoms with Crippen molar-refractivity contribution in [3.8, 4) is 17.0 Å². The first-order chi connectivity index (χ1) is 15.8. The van der Waals surface area contributed by atoms with Gasteiger partial charge in [0.2, 0.25) is 0 Å². The van der Waals surface area contributed by atoms with Crippen LogP contribution >= 0.6 is 11.6 Å². The summed E-state index contributed by atoms with van der Waals surface area (Å²) in [6, 6.07) is 9.56. The van der Waals surface area contributed by atoms with Crippen molar-refractivity contribution in [3.63, 3.8) is 0 Å². The van der Waals surface area contributed by atoms with Gasteiger partial charge in [0, 0.05) is 22.2 Å². The van der Waals surface area contributed by atoms with Crippen molar-refractivity contribution in [3.05, 3.63) is 53.3 Å². The molecule has 0 bridgehead atoms. The summed E-state index contributed by atoms with van der Waals surface area (Å²) < 4.78 is 11.6. The van der Waals surface area contributed by atoms with E-state index in [-0.39, 0.29) is 0 Å². The van der Waals surface area contributed by atoms with Crippen molar-refractivity contribution >= 4 is 28.6 Å². The number of aryl methyl sites for hydroxylation is 1. The molecule has 3 aromatic rings. The number of rotatable bonds is 7. The van der Waals surface area contributed by atoms with E-state index in [9.17, 15) is 4.79 Å². The summed E-state index contributed by atoms with van der Waals surface area (Å²) in [7, 11) is 0. The van der Waals surface area contributed by atoms with E-state index in [1.54, 1.807) is 12.4 Å². The van der Waals surface area contributed by atoms with Crippen LogP contribution in [0.4, 0.5) is 4.79 Å². The number of aromatic nitrogens is 2. The molecule has 1 amide bonds. The molecule has 2 aromatic heterocycles. The van der Waals surface area contributed by atoms with Crippen LogP contribution in [-0.2, 0) is 4.74 Å². The number of pyridine rings is 2. The Morgan fingerprint density at radius 3 is 2.50 bits per heavy atom. The van der Waals surface area contributed by atoms with E-state index in [4.69, 9.17) is 21.1 Å². The van der Waals surface area contributed by atoms with Crippen molar-refractivity contribution in [2.75, 3.05) is 6.61 Å². The molecule has 0 aliphatic rings. The van der Waals surface area contributed by atoms with E-state index in [2.05, 4.69) is 29.1 Å². The molecule has 0 radical (unpaired) electrons. The number of fused-ring (bicyclic) bond motifs is 1. The minimum absolute atomic E-state index is 0.292. The first kappa shape index (κ1) is 25.8. The molecule has 0 saturated carbocycles. The zero-order valence-corrected chi connectivity index (χ0v) is 21.8. The second-order valence-electron chi connectivity index (χ2n) is 10.4. The van der Waals surface area contributed by atoms with Crippen LogP contribution in [-0.4, -0.2) is 33.8 Å². The molecule has 3 rings (SSSR count). The fraction of sp³-hybridized carbons (Fsp3) is 0.444. The van der Waals surface area contributed by atoms with Gasteiger partial charge in [-0.05, 0) is 82.9 Å². The molecule has 1 aromatic carbocycles. The number of amides is 1. The van der Waals surface area contributed by atoms with Gasteiger partial charge in [-0.25, -0.2) is 4.79 Å². The van der Waals surface area contributed by atoms with Crippen molar-refractivity contribution in [2.45, 2.75) is 66.0 Å². The van der Waals surface area contributed by atoms with E-state index in [0.29, 0.717) is 23.3 Å². The molecule has 0 spiro atoms. The topological polar surface area (TPSA) is 73.3 Å². The van der Waals surface area contributed by atoms with Gasteiger partial charge in [-0.2, -0.15) is 0 Å². The summed E-state index contributed by atoms with van der Waals surface area (Å²) in [5.74, 6) is 1.03. The first-order valence-corrected chi connectivity index (χ1v) is 11.9. The third-order valence-corrected chi connectivity index (χ3v) is 5.49. The Kier molecular flexibility index (Phi) is 7.71. The Bertz CT molecular complexity index is 1170. The van der Waals surface area contributed by atoms with E-state index in [1.165, 1.54) is 0 Å². The van der Waals surface area contributed by atoms with Crippen molar-refractivity contribution < 1.29 is 14.3 Å². The number of hydrogen-bond donors (Lipinski definition) is 1. The lowest BCUT2D eigenvalue weighted by Gasteiger charge is -2.33. The van der Waals surface area contributed by atoms with Crippen molar-refractivity contribution in [2.24, 2.45) is 5.92 Å². The molecule has 0 aliphatic heterocycles. The Morgan fingerprint density at radius 1 is 1.12 bits per heavy atom. The summed E-state index contributed by atoms with van der Waals surface area (Å²) in [5, 5.41) is 4.61. The molecule has 0 saturated heterocycles. The maximum Gasteiger partial charge on any atom is 0.408 e. The summed E-state index contributed by atoms with van der Waals surface area (Å²) in [5.41, 5.74) is 2.41. The number of hydrogen-bond acceptors (Lipinski definition) is 5. The predicted molar refractivity (Wildman–Crippen MR) is 137 cm³/mol. The van der Waals surface area contributed by atoms with Crippen molar-refractivity contribution in [1.29, 1.82) is 0 Å². The third-order valence-electron chi connectivity index (χ3n) is 5.25. The number of carbonyl (C=O) groups excluding carboxylic acids is 1. The lowest BCUT2D eigenvalue weighted by atomic mass is 9.91. The average molecular weight is 484 g/mol. The molecule has 7 heteroatoms. The second kappa shape index (κ2) is 10.2. The van der Waals surface area contributed by atoms with E-state index in [1.807, 2.05) is 65.0 Å². The summed E-state index contributed by atoms with van der Waals surface area (Å²) in [4.78, 5) is 21.5. The van der Waals surface area contributed by atoms with E-state index < -0.39 is 17.2 Å². The lowest BCUT2D eigenvalue weighted by molar-refractivity contribution is 0.0407. The van der Waals surface area contributed by atoms with Gasteiger partial charge in [0.05, 0.1) is 22.9 Å². The molecular formula is C27H34ClN3O3. The Morgan fingerprint density at radius 2 is 1.85 bits per heavy atom. The number of halogens is 1. The SMILES string of the molecule is Cc1cc(-c2ccnc3ccc(Cl)cc23)ncc1OC[C@](C)(CC(C)C)NC(=O)OC(C)(C)C. The van der Waals surface area contributed by atoms with Crippen LogP contribution in [0.2, 0.25) is 5.02 Å². The number of carbonyl (C=O) groups is 1. The lowest BCUT2D eigenvalue weighted by Crippen LogP contribution is -2.52. The number of nitrogens with zero attached hydrogens (tertiary/aromatic N) is 2. The van der Waals surface area contributed by atoms with Crippen LogP contribution < -0.4 is 10.1 Å². The first-order valence-electron chi connectivity index (χ1n) is 11.5. The molecule has 6 nitrogen and oxygen atoms in total. The van der Waals surface area contributed by atoms with Gasteiger partial charge in [0.15, 0.2) is 0 Å². The zero-order valence-electron chi connectivity index (χ0n) is 21.0. The summed E-state index contributed by atoms with van der Waals surface area (Å²) >= 11 is 6.22. The molecule has 1 N–H and O–H groups in total. The average Bonchev–Trinajstić information content (AvgIpc) is 2.70. The molecule has 1 atom stereocenters. The largest absolute Gasteiger partial charge is 0.489 e. The monoisotopic (exact) mass is 483 g/mol. The minimum atomic E-state index is -0.598. The van der Waals surface area contributed by atoms with Gasteiger partial charge in [-0.1, -0.05) is 25.4 Å². The van der Waals surface area contributed by atoms with Gasteiger partial charge < -0.3 is 14.8 Å². The molecular weight excluding hydrogens is 450 g/mol. The van der Waals surface area contributed by atoms with Gasteiger partial charge in [-0.15, -0.1) is 0 Å². The number of alkyl carbamates (subject to hydrolysis) is 1. The smallest absolute Gasteiger partial charge is 0.408 e. The standard InChI is InChI=1S/C27H34ClN3O3/c1-17(2)14-27(7,31-25(32)34-26(4,5)6)16-33-24-15-30-23(12-18(24)3)20-10-11-29-22-9-8-19(28)13-21(20)22/h8-13,15,17H,14,16H2,1-7H3,(H,31,32)/t27-/m0/s1. The van der Waals surface area contributed by atoms with Crippen LogP contribution in [0.15, 0.2) is 42.7 Å². The van der Waals surface area contributed by atoms with E-state index >= 15 is 0 Å². The van der Waals surface area contributed by atoms with E-state index in [0.717, 1.165) is 34.1 Å². The number of ether oxygens (including phenoxy) is 2. The van der Waals surface area contributed by atoms with Crippen LogP contribution in [0, 0.1) is 12.8 Å². The third kappa shape index (κ3) is 6.83. The van der Waals surface area contributed by atoms with Gasteiger partial charge >= 0.3 is 6.09 Å². The summed E-state index contributed by atoms with van der Waals surface area (Å²) in [6.07, 6.45) is 3.78. The second-order valence-corrected chi connectivity index (χ2v) is 10.9. The highest BCUT2D eigenvalue weighted by Crippen LogP contribution is 2.31. The highest BCUT2D eigenvalue weighted by molar-refractivity contribution is 6.31. The Balaban J connectivity index is 1.80. The van der Waals surface area contributed by atoms with Gasteiger partial charge in [0.25, 0.3) is 0 Å². The minimum Gasteiger partial charge on any atom is -0.489 e. The Labute approximate surface area is 207 Å². The fourth-order valence-electron chi connectivity index (χ4n) is 4.02. The molecule has 0 aliphatic carbocycles. The molecule has 2 heterocycles. The van der Waals surface area contributed by atoms with Crippen molar-refractivity contribution in [1.82, 2.24) is 15.3 Å². The van der Waals surface area contributed by atoms with Crippen LogP contribution in [0.5, 0.6) is 5.75 Å². The van der Waals surface area contributed by atoms with Gasteiger partial charge in [0.1, 0.15) is 18.0 Å².